The molecule has 0 saturated carbocycles. The molecule has 0 bridgehead atoms. The van der Waals surface area contributed by atoms with Crippen LogP contribution in [0.15, 0.2) is 65.7 Å². The number of amides is 1. The van der Waals surface area contributed by atoms with Crippen molar-refractivity contribution in [3.05, 3.63) is 66.4 Å². The average molecular weight is 563 g/mol. The monoisotopic (exact) mass is 562 g/mol. The molecule has 4 aromatic rings. The van der Waals surface area contributed by atoms with Gasteiger partial charge < -0.3 is 21.3 Å². The number of carbonyl (C=O) groups excluding carboxylic acids is 1. The van der Waals surface area contributed by atoms with Crippen LogP contribution in [0.3, 0.4) is 0 Å². The molecule has 1 aliphatic rings. The number of nitrogens with two attached hydrogens (primary N) is 1. The number of nitrogens with zero attached hydrogens (tertiary/aromatic N) is 5. The fraction of sp³-hybridized carbons (Fsp3) is 0.357. The first-order chi connectivity index (χ1) is 19.2. The SMILES string of the molecule is CC(C)S(=O)(=O)c1ccccc1Nc1nc(Nc2ccc(C3CCN(CCC(N)=O)CC3)cc2)nc2ccnn12. The van der Waals surface area contributed by atoms with Gasteiger partial charge in [0.1, 0.15) is 0 Å². The first-order valence-corrected chi connectivity index (χ1v) is 14.9. The van der Waals surface area contributed by atoms with Gasteiger partial charge in [0.25, 0.3) is 0 Å². The van der Waals surface area contributed by atoms with E-state index in [2.05, 4.69) is 42.7 Å². The van der Waals surface area contributed by atoms with Gasteiger partial charge in [0, 0.05) is 24.7 Å². The summed E-state index contributed by atoms with van der Waals surface area (Å²) in [7, 11) is -3.52. The number of sulfone groups is 1. The summed E-state index contributed by atoms with van der Waals surface area (Å²) in [5.74, 6) is 0.906. The van der Waals surface area contributed by atoms with E-state index in [0.717, 1.165) is 38.2 Å². The molecule has 4 N–H and O–H groups in total. The molecule has 0 radical (unpaired) electrons. The normalized spacial score (nSPS) is 15.0. The van der Waals surface area contributed by atoms with Crippen molar-refractivity contribution in [1.82, 2.24) is 24.5 Å². The van der Waals surface area contributed by atoms with Gasteiger partial charge in [-0.1, -0.05) is 24.3 Å². The molecule has 1 fully saturated rings. The zero-order valence-electron chi connectivity index (χ0n) is 22.6. The molecule has 0 atom stereocenters. The topological polar surface area (TPSA) is 148 Å². The van der Waals surface area contributed by atoms with Crippen LogP contribution in [0.5, 0.6) is 0 Å². The number of hydrogen-bond donors (Lipinski definition) is 3. The number of fused-ring (bicyclic) bond motifs is 1. The number of carbonyl (C=O) groups is 1. The van der Waals surface area contributed by atoms with E-state index >= 15 is 0 Å². The fourth-order valence-corrected chi connectivity index (χ4v) is 6.08. The highest BCUT2D eigenvalue weighted by Gasteiger charge is 2.24. The third kappa shape index (κ3) is 6.07. The molecular weight excluding hydrogens is 528 g/mol. The Bertz CT molecular complexity index is 1590. The Hall–Kier alpha value is -4.03. The second-order valence-corrected chi connectivity index (χ2v) is 12.7. The number of aromatic nitrogens is 4. The summed E-state index contributed by atoms with van der Waals surface area (Å²) in [5.41, 5.74) is 8.37. The highest BCUT2D eigenvalue weighted by Crippen LogP contribution is 2.30. The molecule has 1 saturated heterocycles. The lowest BCUT2D eigenvalue weighted by atomic mass is 9.89. The fourth-order valence-electron chi connectivity index (χ4n) is 4.88. The van der Waals surface area contributed by atoms with Crippen LogP contribution in [0, 0.1) is 0 Å². The standard InChI is InChI=1S/C28H34N8O3S/c1-19(2)40(38,39)24-6-4-3-5-23(24)32-28-34-27(33-26-11-15-30-36(26)28)31-22-9-7-20(8-10-22)21-12-16-35(17-13-21)18-14-25(29)37/h3-11,15,19,21H,12-14,16-18H2,1-2H3,(H2,29,37)(H2,31,32,33,34). The zero-order valence-corrected chi connectivity index (χ0v) is 23.4. The van der Waals surface area contributed by atoms with E-state index < -0.39 is 15.1 Å². The molecule has 11 nitrogen and oxygen atoms in total. The highest BCUT2D eigenvalue weighted by molar-refractivity contribution is 7.92. The third-order valence-corrected chi connectivity index (χ3v) is 9.43. The van der Waals surface area contributed by atoms with E-state index in [1.165, 1.54) is 10.1 Å². The van der Waals surface area contributed by atoms with Gasteiger partial charge in [0.05, 0.1) is 22.0 Å². The third-order valence-electron chi connectivity index (χ3n) is 7.22. The second kappa shape index (κ2) is 11.6. The first-order valence-electron chi connectivity index (χ1n) is 13.4. The highest BCUT2D eigenvalue weighted by atomic mass is 32.2. The number of likely N-dealkylation sites (tertiary alicyclic amines) is 1. The van der Waals surface area contributed by atoms with Gasteiger partial charge in [-0.25, -0.2) is 8.42 Å². The minimum absolute atomic E-state index is 0.202. The van der Waals surface area contributed by atoms with Crippen LogP contribution in [0.25, 0.3) is 5.65 Å². The lowest BCUT2D eigenvalue weighted by Crippen LogP contribution is -2.35. The number of primary amides is 1. The summed E-state index contributed by atoms with van der Waals surface area (Å²) >= 11 is 0. The Labute approximate surface area is 233 Å². The largest absolute Gasteiger partial charge is 0.370 e. The van der Waals surface area contributed by atoms with Gasteiger partial charge in [-0.05, 0) is 75.5 Å². The first kappa shape index (κ1) is 27.5. The van der Waals surface area contributed by atoms with Crippen molar-refractivity contribution in [3.63, 3.8) is 0 Å². The van der Waals surface area contributed by atoms with Crippen molar-refractivity contribution in [2.24, 2.45) is 5.73 Å². The predicted molar refractivity (Wildman–Crippen MR) is 155 cm³/mol. The number of nitrogens with one attached hydrogen (secondary N) is 2. The van der Waals surface area contributed by atoms with Crippen LogP contribution in [0.4, 0.5) is 23.3 Å². The lowest BCUT2D eigenvalue weighted by Gasteiger charge is -2.32. The number of para-hydroxylation sites is 1. The summed E-state index contributed by atoms with van der Waals surface area (Å²) in [6.07, 6.45) is 4.09. The van der Waals surface area contributed by atoms with Gasteiger partial charge in [-0.3, -0.25) is 4.79 Å². The van der Waals surface area contributed by atoms with E-state index in [-0.39, 0.29) is 10.8 Å². The predicted octanol–water partition coefficient (Wildman–Crippen LogP) is 3.85. The Morgan fingerprint density at radius 1 is 1.02 bits per heavy atom. The smallest absolute Gasteiger partial charge is 0.233 e. The minimum atomic E-state index is -3.52. The number of piperidine rings is 1. The van der Waals surface area contributed by atoms with E-state index in [4.69, 9.17) is 5.73 Å². The van der Waals surface area contributed by atoms with Crippen LogP contribution < -0.4 is 16.4 Å². The van der Waals surface area contributed by atoms with Crippen LogP contribution >= 0.6 is 0 Å². The summed E-state index contributed by atoms with van der Waals surface area (Å²) < 4.78 is 27.4. The van der Waals surface area contributed by atoms with Crippen molar-refractivity contribution in [1.29, 1.82) is 0 Å². The maximum atomic E-state index is 12.9. The van der Waals surface area contributed by atoms with Crippen LogP contribution in [0.2, 0.25) is 0 Å². The Balaban J connectivity index is 1.32. The molecule has 0 spiro atoms. The Morgan fingerprint density at radius 3 is 2.45 bits per heavy atom. The number of rotatable bonds is 10. The zero-order chi connectivity index (χ0) is 28.3. The van der Waals surface area contributed by atoms with E-state index in [1.807, 2.05) is 12.1 Å². The maximum Gasteiger partial charge on any atom is 0.233 e. The molecule has 40 heavy (non-hydrogen) atoms. The summed E-state index contributed by atoms with van der Waals surface area (Å²) in [6, 6.07) is 16.8. The van der Waals surface area contributed by atoms with Crippen molar-refractivity contribution >= 4 is 44.7 Å². The molecule has 0 aliphatic carbocycles. The van der Waals surface area contributed by atoms with Gasteiger partial charge in [-0.15, -0.1) is 0 Å². The molecule has 1 aliphatic heterocycles. The summed E-state index contributed by atoms with van der Waals surface area (Å²) in [4.78, 5) is 22.7. The van der Waals surface area contributed by atoms with Gasteiger partial charge in [0.2, 0.25) is 17.8 Å². The molecule has 1 amide bonds. The van der Waals surface area contributed by atoms with Crippen LogP contribution in [-0.2, 0) is 14.6 Å². The molecule has 12 heteroatoms. The molecule has 2 aromatic heterocycles. The molecular formula is C28H34N8O3S. The number of hydrogen-bond acceptors (Lipinski definition) is 9. The van der Waals surface area contributed by atoms with Crippen molar-refractivity contribution in [2.45, 2.75) is 49.2 Å². The minimum Gasteiger partial charge on any atom is -0.370 e. The molecule has 2 aromatic carbocycles. The van der Waals surface area contributed by atoms with Crippen molar-refractivity contribution < 1.29 is 13.2 Å². The quantitative estimate of drug-likeness (QED) is 0.262. The summed E-state index contributed by atoms with van der Waals surface area (Å²) in [6.45, 7) is 5.95. The van der Waals surface area contributed by atoms with E-state index in [9.17, 15) is 13.2 Å². The number of anilines is 4. The van der Waals surface area contributed by atoms with Crippen molar-refractivity contribution in [3.8, 4) is 0 Å². The number of benzene rings is 2. The van der Waals surface area contributed by atoms with Crippen LogP contribution in [-0.4, -0.2) is 63.7 Å². The van der Waals surface area contributed by atoms with Crippen molar-refractivity contribution in [2.75, 3.05) is 30.3 Å². The van der Waals surface area contributed by atoms with Crippen LogP contribution in [0.1, 0.15) is 44.6 Å². The molecule has 3 heterocycles. The molecule has 210 valence electrons. The maximum absolute atomic E-state index is 12.9. The average Bonchev–Trinajstić information content (AvgIpc) is 3.42. The Morgan fingerprint density at radius 2 is 1.75 bits per heavy atom. The van der Waals surface area contributed by atoms with Gasteiger partial charge in [-0.2, -0.15) is 19.6 Å². The van der Waals surface area contributed by atoms with Gasteiger partial charge in [0.15, 0.2) is 15.5 Å². The Kier molecular flexibility index (Phi) is 7.99. The van der Waals surface area contributed by atoms with E-state index in [0.29, 0.717) is 35.6 Å². The molecule has 5 rings (SSSR count). The van der Waals surface area contributed by atoms with Gasteiger partial charge >= 0.3 is 0 Å². The molecule has 0 unspecified atom stereocenters. The second-order valence-electron chi connectivity index (χ2n) is 10.3. The lowest BCUT2D eigenvalue weighted by molar-refractivity contribution is -0.118. The summed E-state index contributed by atoms with van der Waals surface area (Å²) in [5, 5.41) is 10.2. The van der Waals surface area contributed by atoms with E-state index in [1.54, 1.807) is 50.4 Å².